The summed E-state index contributed by atoms with van der Waals surface area (Å²) in [6.07, 6.45) is 17.3. The lowest BCUT2D eigenvalue weighted by Gasteiger charge is -2.60. The highest BCUT2D eigenvalue weighted by molar-refractivity contribution is 5.65. The summed E-state index contributed by atoms with van der Waals surface area (Å²) in [4.78, 5) is 5.68. The van der Waals surface area contributed by atoms with Gasteiger partial charge in [-0.1, -0.05) is 73.5 Å². The fourth-order valence-electron chi connectivity index (χ4n) is 10.4. The van der Waals surface area contributed by atoms with Crippen molar-refractivity contribution >= 4 is 0 Å². The molecule has 3 aromatic rings. The van der Waals surface area contributed by atoms with Gasteiger partial charge in [-0.15, -0.1) is 0 Å². The average molecular weight is 649 g/mol. The van der Waals surface area contributed by atoms with Crippen molar-refractivity contribution < 1.29 is 14.6 Å². The van der Waals surface area contributed by atoms with Gasteiger partial charge in [-0.25, -0.2) is 0 Å². The van der Waals surface area contributed by atoms with Crippen LogP contribution in [-0.4, -0.2) is 66.4 Å². The molecule has 3 aliphatic carbocycles. The van der Waals surface area contributed by atoms with E-state index in [9.17, 15) is 5.11 Å². The second-order valence-electron chi connectivity index (χ2n) is 15.7. The lowest BCUT2D eigenvalue weighted by molar-refractivity contribution is -0.0898. The first kappa shape index (κ1) is 32.2. The van der Waals surface area contributed by atoms with E-state index in [0.29, 0.717) is 23.8 Å². The number of methoxy groups -OCH3 is 1. The molecule has 8 rings (SSSR count). The van der Waals surface area contributed by atoms with Gasteiger partial charge in [0.25, 0.3) is 0 Å². The minimum Gasteiger partial charge on any atom is -0.508 e. The maximum Gasteiger partial charge on any atom is 0.166 e. The van der Waals surface area contributed by atoms with Gasteiger partial charge < -0.3 is 14.6 Å². The standard InChI is InChI=1S/C43H56N2O3/c1-47-39-29-38(46)34-28-37-35-22-23-36(42-43(35,40(34)41(39)48-42)24-27-45(37)30-33-20-21-33)44(26-13-11-19-32-17-9-5-10-18-32)25-12-3-2-6-14-31-15-7-4-8-16-31/h4-5,7-10,15-18,29,33,35-37,42,46H,2-3,6,11-14,19-28,30H2,1H3/t35-,36+,37+,42-,43-/m0/s1. The van der Waals surface area contributed by atoms with E-state index in [2.05, 4.69) is 70.5 Å². The van der Waals surface area contributed by atoms with Crippen molar-refractivity contribution in [2.75, 3.05) is 33.3 Å². The first-order valence-electron chi connectivity index (χ1n) is 19.3. The van der Waals surface area contributed by atoms with Crippen molar-refractivity contribution in [2.24, 2.45) is 11.8 Å². The van der Waals surface area contributed by atoms with Crippen LogP contribution < -0.4 is 9.47 Å². The fourth-order valence-corrected chi connectivity index (χ4v) is 10.4. The quantitative estimate of drug-likeness (QED) is 0.158. The van der Waals surface area contributed by atoms with E-state index in [1.165, 1.54) is 93.9 Å². The van der Waals surface area contributed by atoms with Crippen molar-refractivity contribution in [3.63, 3.8) is 0 Å². The highest BCUT2D eigenvalue weighted by atomic mass is 16.5. The molecule has 5 aliphatic rings. The molecule has 3 aromatic carbocycles. The number of ether oxygens (including phenoxy) is 2. The molecule has 2 bridgehead atoms. The molecule has 2 heterocycles. The van der Waals surface area contributed by atoms with Gasteiger partial charge in [0.15, 0.2) is 11.5 Å². The average Bonchev–Trinajstić information content (AvgIpc) is 3.88. The van der Waals surface area contributed by atoms with Gasteiger partial charge in [-0.3, -0.25) is 9.80 Å². The van der Waals surface area contributed by atoms with E-state index in [4.69, 9.17) is 9.47 Å². The number of aryl methyl sites for hydroxylation is 2. The van der Waals surface area contributed by atoms with Crippen LogP contribution in [0.5, 0.6) is 17.2 Å². The number of hydrogen-bond acceptors (Lipinski definition) is 5. The van der Waals surface area contributed by atoms with Gasteiger partial charge >= 0.3 is 0 Å². The Hall–Kier alpha value is -3.02. The van der Waals surface area contributed by atoms with E-state index in [0.717, 1.165) is 61.9 Å². The Morgan fingerprint density at radius 3 is 2.21 bits per heavy atom. The van der Waals surface area contributed by atoms with Crippen molar-refractivity contribution in [1.82, 2.24) is 9.80 Å². The summed E-state index contributed by atoms with van der Waals surface area (Å²) in [6.45, 7) is 4.67. The molecule has 256 valence electrons. The molecule has 3 fully saturated rings. The monoisotopic (exact) mass is 648 g/mol. The normalized spacial score (nSPS) is 27.1. The molecule has 1 saturated heterocycles. The molecule has 1 N–H and O–H groups in total. The molecule has 2 aliphatic heterocycles. The molecule has 0 radical (unpaired) electrons. The summed E-state index contributed by atoms with van der Waals surface area (Å²) in [5.41, 5.74) is 5.36. The third-order valence-corrected chi connectivity index (χ3v) is 12.9. The third kappa shape index (κ3) is 6.15. The van der Waals surface area contributed by atoms with Crippen molar-refractivity contribution in [1.29, 1.82) is 0 Å². The van der Waals surface area contributed by atoms with Crippen LogP contribution in [0.3, 0.4) is 0 Å². The fraction of sp³-hybridized carbons (Fsp3) is 0.581. The maximum atomic E-state index is 11.4. The predicted molar refractivity (Wildman–Crippen MR) is 193 cm³/mol. The Morgan fingerprint density at radius 1 is 0.854 bits per heavy atom. The zero-order chi connectivity index (χ0) is 32.5. The van der Waals surface area contributed by atoms with Crippen molar-refractivity contribution in [3.05, 3.63) is 89.0 Å². The molecule has 5 heteroatoms. The van der Waals surface area contributed by atoms with Crippen molar-refractivity contribution in [2.45, 2.75) is 113 Å². The molecule has 1 spiro atoms. The molecule has 5 nitrogen and oxygen atoms in total. The Morgan fingerprint density at radius 2 is 1.52 bits per heavy atom. The van der Waals surface area contributed by atoms with Crippen LogP contribution in [0, 0.1) is 11.8 Å². The molecule has 5 atom stereocenters. The van der Waals surface area contributed by atoms with Crippen LogP contribution in [0.2, 0.25) is 0 Å². The maximum absolute atomic E-state index is 11.4. The van der Waals surface area contributed by atoms with Gasteiger partial charge in [0.2, 0.25) is 0 Å². The van der Waals surface area contributed by atoms with Crippen LogP contribution in [0.25, 0.3) is 0 Å². The first-order chi connectivity index (χ1) is 23.7. The Bertz CT molecular complexity index is 1520. The van der Waals surface area contributed by atoms with E-state index >= 15 is 0 Å². The number of benzene rings is 3. The number of hydrogen-bond donors (Lipinski definition) is 1. The van der Waals surface area contributed by atoms with Gasteiger partial charge in [-0.05, 0) is 120 Å². The molecular formula is C43H56N2O3. The molecule has 48 heavy (non-hydrogen) atoms. The topological polar surface area (TPSA) is 45.2 Å². The minimum absolute atomic E-state index is 0.0272. The Balaban J connectivity index is 1.02. The van der Waals surface area contributed by atoms with Gasteiger partial charge in [0.1, 0.15) is 11.9 Å². The second kappa shape index (κ2) is 14.1. The lowest BCUT2D eigenvalue weighted by atomic mass is 9.50. The SMILES string of the molecule is COc1cc(O)c2c3c1O[C@H]1[C@H](N(CCCCCCc4ccccc4)CCCCc4ccccc4)CC[C@H]4[C@@H](C2)N(CC2CC2)CC[C@@]341. The van der Waals surface area contributed by atoms with Gasteiger partial charge in [0.05, 0.1) is 7.11 Å². The van der Waals surface area contributed by atoms with Crippen LogP contribution in [0.1, 0.15) is 92.9 Å². The van der Waals surface area contributed by atoms with Crippen molar-refractivity contribution in [3.8, 4) is 17.2 Å². The number of unbranched alkanes of at least 4 members (excludes halogenated alkanes) is 4. The van der Waals surface area contributed by atoms with E-state index in [1.54, 1.807) is 7.11 Å². The molecule has 0 aromatic heterocycles. The van der Waals surface area contributed by atoms with E-state index < -0.39 is 0 Å². The number of likely N-dealkylation sites (tertiary alicyclic amines) is 1. The van der Waals surface area contributed by atoms with Crippen LogP contribution in [0.15, 0.2) is 66.7 Å². The van der Waals surface area contributed by atoms with E-state index in [-0.39, 0.29) is 11.5 Å². The summed E-state index contributed by atoms with van der Waals surface area (Å²) in [5, 5.41) is 11.4. The smallest absolute Gasteiger partial charge is 0.166 e. The van der Waals surface area contributed by atoms with E-state index in [1.807, 2.05) is 6.07 Å². The van der Waals surface area contributed by atoms with Crippen LogP contribution in [-0.2, 0) is 24.7 Å². The Labute approximate surface area is 288 Å². The molecule has 0 unspecified atom stereocenters. The summed E-state index contributed by atoms with van der Waals surface area (Å²) < 4.78 is 13.2. The largest absolute Gasteiger partial charge is 0.508 e. The highest BCUT2D eigenvalue weighted by Gasteiger charge is 2.67. The summed E-state index contributed by atoms with van der Waals surface area (Å²) in [7, 11) is 1.73. The number of nitrogens with zero attached hydrogens (tertiary/aromatic N) is 2. The number of rotatable bonds is 16. The van der Waals surface area contributed by atoms with Crippen LogP contribution >= 0.6 is 0 Å². The number of aromatic hydroxyl groups is 1. The van der Waals surface area contributed by atoms with Gasteiger partial charge in [0, 0.05) is 41.2 Å². The zero-order valence-corrected chi connectivity index (χ0v) is 29.1. The Kier molecular flexibility index (Phi) is 9.44. The summed E-state index contributed by atoms with van der Waals surface area (Å²) in [5.74, 6) is 3.56. The first-order valence-corrected chi connectivity index (χ1v) is 19.3. The minimum atomic E-state index is -0.0272. The van der Waals surface area contributed by atoms with Crippen LogP contribution in [0.4, 0.5) is 0 Å². The lowest BCUT2D eigenvalue weighted by Crippen LogP contribution is -2.69. The molecule has 0 amide bonds. The predicted octanol–water partition coefficient (Wildman–Crippen LogP) is 8.35. The number of piperidine rings is 1. The molecular weight excluding hydrogens is 592 g/mol. The highest BCUT2D eigenvalue weighted by Crippen LogP contribution is 2.65. The number of phenols is 1. The summed E-state index contributed by atoms with van der Waals surface area (Å²) >= 11 is 0. The molecule has 2 saturated carbocycles. The second-order valence-corrected chi connectivity index (χ2v) is 15.7. The van der Waals surface area contributed by atoms with Gasteiger partial charge in [-0.2, -0.15) is 0 Å². The zero-order valence-electron chi connectivity index (χ0n) is 29.1. The number of phenolic OH excluding ortho intramolecular Hbond substituents is 1. The third-order valence-electron chi connectivity index (χ3n) is 12.9. The summed E-state index contributed by atoms with van der Waals surface area (Å²) in [6, 6.07) is 24.7.